The Morgan fingerprint density at radius 3 is 2.72 bits per heavy atom. The summed E-state index contributed by atoms with van der Waals surface area (Å²) in [7, 11) is 0. The molecule has 0 aliphatic heterocycles. The number of ether oxygens (including phenoxy) is 1. The van der Waals surface area contributed by atoms with Gasteiger partial charge < -0.3 is 4.74 Å². The fourth-order valence-corrected chi connectivity index (χ4v) is 2.16. The number of carbonyl (C=O) groups excluding carboxylic acids is 1. The quantitative estimate of drug-likeness (QED) is 0.788. The maximum atomic E-state index is 11.9. The number of hydrogen-bond donors (Lipinski definition) is 1. The minimum atomic E-state index is -0.563. The molecule has 1 amide bonds. The molecule has 3 heterocycles. The Kier molecular flexibility index (Phi) is 4.47. The molecule has 0 spiro atoms. The summed E-state index contributed by atoms with van der Waals surface area (Å²) >= 11 is 0. The van der Waals surface area contributed by atoms with E-state index in [4.69, 9.17) is 4.74 Å². The lowest BCUT2D eigenvalue weighted by Gasteiger charge is -2.19. The summed E-state index contributed by atoms with van der Waals surface area (Å²) in [5, 5.41) is 6.96. The molecule has 3 aromatic rings. The van der Waals surface area contributed by atoms with Crippen molar-refractivity contribution < 1.29 is 9.53 Å². The molecule has 0 radical (unpaired) electrons. The fraction of sp³-hybridized carbons (Fsp3) is 0.222. The van der Waals surface area contributed by atoms with Crippen molar-refractivity contribution in [3.05, 3.63) is 55.1 Å². The predicted molar refractivity (Wildman–Crippen MR) is 94.4 cm³/mol. The molecule has 3 rings (SSSR count). The van der Waals surface area contributed by atoms with Crippen LogP contribution in [0, 0.1) is 0 Å². The Labute approximate surface area is 145 Å². The molecular formula is C18H19N5O2. The summed E-state index contributed by atoms with van der Waals surface area (Å²) in [5.41, 5.74) is 1.82. The number of anilines is 1. The van der Waals surface area contributed by atoms with Gasteiger partial charge in [-0.05, 0) is 45.0 Å². The van der Waals surface area contributed by atoms with Gasteiger partial charge in [-0.15, -0.1) is 0 Å². The molecule has 0 aliphatic rings. The molecule has 0 unspecified atom stereocenters. The molecule has 0 fully saturated rings. The zero-order chi connectivity index (χ0) is 17.9. The molecule has 0 aromatic carbocycles. The number of hydrogen-bond acceptors (Lipinski definition) is 5. The second-order valence-electron chi connectivity index (χ2n) is 6.42. The average molecular weight is 337 g/mol. The predicted octanol–water partition coefficient (Wildman–Crippen LogP) is 3.68. The van der Waals surface area contributed by atoms with Crippen molar-refractivity contribution in [3.8, 4) is 16.9 Å². The summed E-state index contributed by atoms with van der Waals surface area (Å²) in [6.07, 6.45) is 6.47. The molecule has 0 saturated heterocycles. The minimum absolute atomic E-state index is 0.417. The first-order chi connectivity index (χ1) is 11.9. The Morgan fingerprint density at radius 2 is 2.00 bits per heavy atom. The maximum Gasteiger partial charge on any atom is 0.413 e. The molecule has 25 heavy (non-hydrogen) atoms. The Balaban J connectivity index is 1.78. The van der Waals surface area contributed by atoms with E-state index in [2.05, 4.69) is 20.4 Å². The number of nitrogens with zero attached hydrogens (tertiary/aromatic N) is 4. The highest BCUT2D eigenvalue weighted by molar-refractivity contribution is 5.84. The molecule has 0 aliphatic carbocycles. The van der Waals surface area contributed by atoms with Gasteiger partial charge in [0.2, 0.25) is 0 Å². The van der Waals surface area contributed by atoms with E-state index in [1.165, 1.54) is 0 Å². The normalized spacial score (nSPS) is 11.2. The first kappa shape index (κ1) is 16.6. The van der Waals surface area contributed by atoms with Gasteiger partial charge in [0, 0.05) is 18.0 Å². The Morgan fingerprint density at radius 1 is 1.16 bits per heavy atom. The van der Waals surface area contributed by atoms with Gasteiger partial charge in [-0.25, -0.2) is 14.5 Å². The zero-order valence-corrected chi connectivity index (χ0v) is 14.3. The molecule has 128 valence electrons. The monoisotopic (exact) mass is 337 g/mol. The van der Waals surface area contributed by atoms with Crippen molar-refractivity contribution in [2.45, 2.75) is 26.4 Å². The standard InChI is InChI=1S/C18H19N5O2/c1-18(2,3)25-17(24)22-16-8-4-7-15(21-16)13-10-20-23(12-13)14-6-5-9-19-11-14/h4-12H,1-3H3,(H,21,22,24). The van der Waals surface area contributed by atoms with E-state index < -0.39 is 11.7 Å². The number of rotatable bonds is 3. The number of aromatic nitrogens is 4. The number of nitrogens with one attached hydrogen (secondary N) is 1. The third-order valence-corrected chi connectivity index (χ3v) is 3.17. The highest BCUT2D eigenvalue weighted by Gasteiger charge is 2.16. The van der Waals surface area contributed by atoms with Gasteiger partial charge in [0.1, 0.15) is 11.4 Å². The van der Waals surface area contributed by atoms with Crippen LogP contribution in [0.2, 0.25) is 0 Å². The fourth-order valence-electron chi connectivity index (χ4n) is 2.16. The number of carbonyl (C=O) groups is 1. The first-order valence-electron chi connectivity index (χ1n) is 7.83. The SMILES string of the molecule is CC(C)(C)OC(=O)Nc1cccc(-c2cnn(-c3cccnc3)c2)n1. The van der Waals surface area contributed by atoms with Gasteiger partial charge in [-0.3, -0.25) is 10.3 Å². The van der Waals surface area contributed by atoms with Crippen molar-refractivity contribution in [2.75, 3.05) is 5.32 Å². The maximum absolute atomic E-state index is 11.9. The van der Waals surface area contributed by atoms with Crippen LogP contribution in [0.15, 0.2) is 55.1 Å². The largest absolute Gasteiger partial charge is 0.444 e. The smallest absolute Gasteiger partial charge is 0.413 e. The van der Waals surface area contributed by atoms with Crippen LogP contribution in [0.5, 0.6) is 0 Å². The van der Waals surface area contributed by atoms with E-state index in [0.717, 1.165) is 11.3 Å². The minimum Gasteiger partial charge on any atom is -0.444 e. The van der Waals surface area contributed by atoms with Crippen molar-refractivity contribution in [3.63, 3.8) is 0 Å². The summed E-state index contributed by atoms with van der Waals surface area (Å²) in [5.74, 6) is 0.417. The molecule has 7 nitrogen and oxygen atoms in total. The van der Waals surface area contributed by atoms with Gasteiger partial charge in [-0.2, -0.15) is 5.10 Å². The third kappa shape index (κ3) is 4.41. The van der Waals surface area contributed by atoms with Crippen LogP contribution in [0.1, 0.15) is 20.8 Å². The van der Waals surface area contributed by atoms with Crippen LogP contribution >= 0.6 is 0 Å². The third-order valence-electron chi connectivity index (χ3n) is 3.17. The zero-order valence-electron chi connectivity index (χ0n) is 14.3. The van der Waals surface area contributed by atoms with E-state index in [9.17, 15) is 4.79 Å². The molecule has 7 heteroatoms. The van der Waals surface area contributed by atoms with Crippen molar-refractivity contribution >= 4 is 11.9 Å². The van der Waals surface area contributed by atoms with Gasteiger partial charge in [0.05, 0.1) is 23.8 Å². The van der Waals surface area contributed by atoms with E-state index in [0.29, 0.717) is 11.5 Å². The van der Waals surface area contributed by atoms with Crippen molar-refractivity contribution in [1.29, 1.82) is 0 Å². The topological polar surface area (TPSA) is 81.9 Å². The summed E-state index contributed by atoms with van der Waals surface area (Å²) in [6.45, 7) is 5.43. The van der Waals surface area contributed by atoms with Crippen molar-refractivity contribution in [1.82, 2.24) is 19.7 Å². The Hall–Kier alpha value is -3.22. The van der Waals surface area contributed by atoms with Gasteiger partial charge in [0.25, 0.3) is 0 Å². The summed E-state index contributed by atoms with van der Waals surface area (Å²) in [6, 6.07) is 9.14. The molecule has 0 bridgehead atoms. The van der Waals surface area contributed by atoms with Crippen LogP contribution in [0.3, 0.4) is 0 Å². The lowest BCUT2D eigenvalue weighted by atomic mass is 10.2. The van der Waals surface area contributed by atoms with Gasteiger partial charge in [0.15, 0.2) is 0 Å². The first-order valence-corrected chi connectivity index (χ1v) is 7.83. The average Bonchev–Trinajstić information content (AvgIpc) is 3.04. The van der Waals surface area contributed by atoms with Crippen LogP contribution in [0.4, 0.5) is 10.6 Å². The molecule has 3 aromatic heterocycles. The van der Waals surface area contributed by atoms with E-state index in [-0.39, 0.29) is 0 Å². The van der Waals surface area contributed by atoms with E-state index in [1.54, 1.807) is 29.3 Å². The highest BCUT2D eigenvalue weighted by atomic mass is 16.6. The molecule has 0 saturated carbocycles. The van der Waals surface area contributed by atoms with Gasteiger partial charge in [-0.1, -0.05) is 6.07 Å². The molecule has 0 atom stereocenters. The number of pyridine rings is 2. The molecule has 1 N–H and O–H groups in total. The summed E-state index contributed by atoms with van der Waals surface area (Å²) in [4.78, 5) is 20.4. The second kappa shape index (κ2) is 6.72. The van der Waals surface area contributed by atoms with Crippen LogP contribution in [-0.4, -0.2) is 31.4 Å². The van der Waals surface area contributed by atoms with Gasteiger partial charge >= 0.3 is 6.09 Å². The lowest BCUT2D eigenvalue weighted by molar-refractivity contribution is 0.0635. The lowest BCUT2D eigenvalue weighted by Crippen LogP contribution is -2.27. The Bertz CT molecular complexity index is 868. The second-order valence-corrected chi connectivity index (χ2v) is 6.42. The van der Waals surface area contributed by atoms with Crippen LogP contribution in [-0.2, 0) is 4.74 Å². The summed E-state index contributed by atoms with van der Waals surface area (Å²) < 4.78 is 6.96. The highest BCUT2D eigenvalue weighted by Crippen LogP contribution is 2.20. The number of amides is 1. The van der Waals surface area contributed by atoms with Crippen molar-refractivity contribution in [2.24, 2.45) is 0 Å². The van der Waals surface area contributed by atoms with Crippen LogP contribution in [0.25, 0.3) is 16.9 Å². The molecular weight excluding hydrogens is 318 g/mol. The van der Waals surface area contributed by atoms with Crippen LogP contribution < -0.4 is 5.32 Å². The van der Waals surface area contributed by atoms with E-state index >= 15 is 0 Å². The van der Waals surface area contributed by atoms with E-state index in [1.807, 2.05) is 51.2 Å².